The van der Waals surface area contributed by atoms with E-state index in [2.05, 4.69) is 10.1 Å². The third kappa shape index (κ3) is 4.18. The molecule has 0 bridgehead atoms. The molecule has 2 aromatic carbocycles. The average molecular weight is 455 g/mol. The highest BCUT2D eigenvalue weighted by atomic mass is 32.2. The Labute approximate surface area is 187 Å². The van der Waals surface area contributed by atoms with E-state index >= 15 is 0 Å². The van der Waals surface area contributed by atoms with Gasteiger partial charge in [0.2, 0.25) is 21.7 Å². The molecule has 168 valence electrons. The maximum atomic E-state index is 13.3. The summed E-state index contributed by atoms with van der Waals surface area (Å²) in [5.74, 6) is 0.826. The number of piperazine rings is 1. The van der Waals surface area contributed by atoms with Gasteiger partial charge in [-0.1, -0.05) is 35.0 Å². The predicted octanol–water partition coefficient (Wildman–Crippen LogP) is 3.12. The van der Waals surface area contributed by atoms with Crippen molar-refractivity contribution in [1.29, 1.82) is 0 Å². The number of carbonyl (C=O) groups excluding carboxylic acids is 1. The van der Waals surface area contributed by atoms with E-state index < -0.39 is 10.0 Å². The minimum absolute atomic E-state index is 0.124. The molecule has 1 amide bonds. The minimum atomic E-state index is -3.62. The number of carbonyl (C=O) groups is 1. The van der Waals surface area contributed by atoms with Crippen molar-refractivity contribution in [3.63, 3.8) is 0 Å². The van der Waals surface area contributed by atoms with Crippen LogP contribution in [0.3, 0.4) is 0 Å². The Morgan fingerprint density at radius 3 is 2.06 bits per heavy atom. The largest absolute Gasteiger partial charge is 0.339 e. The maximum Gasteiger partial charge on any atom is 0.253 e. The molecule has 4 rings (SSSR count). The highest BCUT2D eigenvalue weighted by molar-refractivity contribution is 7.89. The molecule has 0 N–H and O–H groups in total. The smallest absolute Gasteiger partial charge is 0.253 e. The van der Waals surface area contributed by atoms with Gasteiger partial charge in [-0.15, -0.1) is 0 Å². The fraction of sp³-hybridized carbons (Fsp3) is 0.348. The van der Waals surface area contributed by atoms with Gasteiger partial charge >= 0.3 is 0 Å². The van der Waals surface area contributed by atoms with Crippen LogP contribution >= 0.6 is 0 Å². The van der Waals surface area contributed by atoms with Crippen molar-refractivity contribution >= 4 is 15.9 Å². The van der Waals surface area contributed by atoms with Crippen LogP contribution in [0.15, 0.2) is 45.8 Å². The van der Waals surface area contributed by atoms with Gasteiger partial charge in [-0.05, 0) is 44.0 Å². The summed E-state index contributed by atoms with van der Waals surface area (Å²) in [5, 5.41) is 3.88. The van der Waals surface area contributed by atoms with Crippen molar-refractivity contribution < 1.29 is 17.7 Å². The second-order valence-electron chi connectivity index (χ2n) is 8.14. The summed E-state index contributed by atoms with van der Waals surface area (Å²) < 4.78 is 33.0. The second kappa shape index (κ2) is 8.48. The fourth-order valence-electron chi connectivity index (χ4n) is 4.20. The van der Waals surface area contributed by atoms with Crippen LogP contribution in [-0.4, -0.2) is 59.8 Å². The van der Waals surface area contributed by atoms with Gasteiger partial charge in [0.15, 0.2) is 0 Å². The molecule has 1 fully saturated rings. The molecule has 8 nitrogen and oxygen atoms in total. The zero-order valence-electron chi connectivity index (χ0n) is 18.6. The Bertz CT molecular complexity index is 1230. The molecule has 0 atom stereocenters. The topological polar surface area (TPSA) is 96.6 Å². The third-order valence-electron chi connectivity index (χ3n) is 5.65. The molecule has 2 heterocycles. The Balaban J connectivity index is 1.45. The quantitative estimate of drug-likeness (QED) is 0.601. The lowest BCUT2D eigenvalue weighted by Crippen LogP contribution is -2.50. The van der Waals surface area contributed by atoms with Gasteiger partial charge in [-0.2, -0.15) is 9.29 Å². The molecule has 32 heavy (non-hydrogen) atoms. The van der Waals surface area contributed by atoms with E-state index in [9.17, 15) is 13.2 Å². The average Bonchev–Trinajstić information content (AvgIpc) is 3.19. The van der Waals surface area contributed by atoms with Crippen LogP contribution in [0, 0.1) is 27.7 Å². The molecule has 1 aliphatic heterocycles. The lowest BCUT2D eigenvalue weighted by atomic mass is 10.1. The first kappa shape index (κ1) is 22.2. The van der Waals surface area contributed by atoms with E-state index in [-0.39, 0.29) is 19.0 Å². The normalized spacial score (nSPS) is 15.2. The number of rotatable bonds is 4. The summed E-state index contributed by atoms with van der Waals surface area (Å²) in [5.41, 5.74) is 3.83. The number of aryl methyl sites for hydroxylation is 4. The Morgan fingerprint density at radius 1 is 0.938 bits per heavy atom. The van der Waals surface area contributed by atoms with E-state index in [1.165, 1.54) is 4.31 Å². The molecule has 9 heteroatoms. The standard InChI is InChI=1S/C23H26N4O4S/c1-15-13-16(2)21(17(3)14-15)32(29,30)27-11-9-26(10-12-27)23(28)20-7-5-19(6-8-20)22-24-18(4)31-25-22/h5-8,13-14H,9-12H2,1-4H3. The fourth-order valence-corrected chi connectivity index (χ4v) is 6.03. The first-order valence-electron chi connectivity index (χ1n) is 10.4. The summed E-state index contributed by atoms with van der Waals surface area (Å²) in [6, 6.07) is 10.8. The lowest BCUT2D eigenvalue weighted by Gasteiger charge is -2.34. The number of benzene rings is 2. The molecule has 0 spiro atoms. The molecule has 0 radical (unpaired) electrons. The van der Waals surface area contributed by atoms with Crippen LogP contribution in [0.4, 0.5) is 0 Å². The molecular formula is C23H26N4O4S. The van der Waals surface area contributed by atoms with E-state index in [4.69, 9.17) is 4.52 Å². The van der Waals surface area contributed by atoms with Crippen LogP contribution in [0.1, 0.15) is 32.9 Å². The van der Waals surface area contributed by atoms with Gasteiger partial charge < -0.3 is 9.42 Å². The van der Waals surface area contributed by atoms with E-state index in [1.54, 1.807) is 36.1 Å². The minimum Gasteiger partial charge on any atom is -0.339 e. The van der Waals surface area contributed by atoms with E-state index in [0.717, 1.165) is 22.3 Å². The molecular weight excluding hydrogens is 428 g/mol. The molecule has 0 unspecified atom stereocenters. The van der Waals surface area contributed by atoms with Gasteiger partial charge in [-0.3, -0.25) is 4.79 Å². The zero-order chi connectivity index (χ0) is 23.0. The van der Waals surface area contributed by atoms with Crippen LogP contribution in [0.5, 0.6) is 0 Å². The van der Waals surface area contributed by atoms with Crippen LogP contribution in [0.25, 0.3) is 11.4 Å². The first-order chi connectivity index (χ1) is 15.2. The molecule has 0 saturated carbocycles. The summed E-state index contributed by atoms with van der Waals surface area (Å²) in [4.78, 5) is 19.2. The Morgan fingerprint density at radius 2 is 1.53 bits per heavy atom. The van der Waals surface area contributed by atoms with Crippen molar-refractivity contribution in [3.8, 4) is 11.4 Å². The summed E-state index contributed by atoms with van der Waals surface area (Å²) in [6.45, 7) is 8.54. The lowest BCUT2D eigenvalue weighted by molar-refractivity contribution is 0.0698. The number of amides is 1. The van der Waals surface area contributed by atoms with Crippen LogP contribution in [-0.2, 0) is 10.0 Å². The Kier molecular flexibility index (Phi) is 5.87. The van der Waals surface area contributed by atoms with Gasteiger partial charge in [0.1, 0.15) is 0 Å². The Hall–Kier alpha value is -3.04. The van der Waals surface area contributed by atoms with Crippen molar-refractivity contribution in [2.24, 2.45) is 0 Å². The van der Waals surface area contributed by atoms with Gasteiger partial charge in [0.25, 0.3) is 5.91 Å². The van der Waals surface area contributed by atoms with E-state index in [0.29, 0.717) is 35.3 Å². The number of hydrogen-bond donors (Lipinski definition) is 0. The third-order valence-corrected chi connectivity index (χ3v) is 7.85. The molecule has 0 aliphatic carbocycles. The molecule has 3 aromatic rings. The molecule has 1 aliphatic rings. The highest BCUT2D eigenvalue weighted by Gasteiger charge is 2.32. The summed E-state index contributed by atoms with van der Waals surface area (Å²) in [7, 11) is -3.62. The number of aromatic nitrogens is 2. The van der Waals surface area contributed by atoms with Crippen LogP contribution < -0.4 is 0 Å². The van der Waals surface area contributed by atoms with Crippen molar-refractivity contribution in [2.45, 2.75) is 32.6 Å². The van der Waals surface area contributed by atoms with E-state index in [1.807, 2.05) is 32.9 Å². The first-order valence-corrected chi connectivity index (χ1v) is 11.9. The maximum absolute atomic E-state index is 13.3. The number of hydrogen-bond acceptors (Lipinski definition) is 6. The van der Waals surface area contributed by atoms with Gasteiger partial charge in [0, 0.05) is 44.2 Å². The number of nitrogens with zero attached hydrogens (tertiary/aromatic N) is 4. The second-order valence-corrected chi connectivity index (χ2v) is 10.0. The van der Waals surface area contributed by atoms with Gasteiger partial charge in [-0.25, -0.2) is 8.42 Å². The highest BCUT2D eigenvalue weighted by Crippen LogP contribution is 2.26. The summed E-state index contributed by atoms with van der Waals surface area (Å²) >= 11 is 0. The zero-order valence-corrected chi connectivity index (χ0v) is 19.4. The summed E-state index contributed by atoms with van der Waals surface area (Å²) in [6.07, 6.45) is 0. The number of sulfonamides is 1. The van der Waals surface area contributed by atoms with Gasteiger partial charge in [0.05, 0.1) is 4.90 Å². The monoisotopic (exact) mass is 454 g/mol. The molecule has 1 aromatic heterocycles. The molecule has 1 saturated heterocycles. The SMILES string of the molecule is Cc1cc(C)c(S(=O)(=O)N2CCN(C(=O)c3ccc(-c4noc(C)n4)cc3)CC2)c(C)c1. The van der Waals surface area contributed by atoms with Crippen molar-refractivity contribution in [1.82, 2.24) is 19.3 Å². The van der Waals surface area contributed by atoms with Crippen molar-refractivity contribution in [2.75, 3.05) is 26.2 Å². The van der Waals surface area contributed by atoms with Crippen molar-refractivity contribution in [3.05, 3.63) is 64.5 Å². The van der Waals surface area contributed by atoms with Crippen LogP contribution in [0.2, 0.25) is 0 Å². The predicted molar refractivity (Wildman–Crippen MR) is 120 cm³/mol.